The van der Waals surface area contributed by atoms with Crippen LogP contribution in [0.25, 0.3) is 0 Å². The molecule has 0 bridgehead atoms. The van der Waals surface area contributed by atoms with Gasteiger partial charge in [-0.05, 0) is 51.3 Å². The molecule has 1 rings (SSSR count). The molecule has 2 N–H and O–H groups in total. The number of rotatable bonds is 4. The lowest BCUT2D eigenvalue weighted by Crippen LogP contribution is -2.51. The number of hydrogen-bond donors (Lipinski definition) is 2. The van der Waals surface area contributed by atoms with Crippen molar-refractivity contribution >= 4 is 43.7 Å². The summed E-state index contributed by atoms with van der Waals surface area (Å²) in [6.45, 7) is 3.15. The molecule has 0 aromatic carbocycles. The zero-order valence-electron chi connectivity index (χ0n) is 9.83. The summed E-state index contributed by atoms with van der Waals surface area (Å²) in [6, 6.07) is 1.67. The number of carbonyl (C=O) groups is 2. The molecule has 0 fully saturated rings. The maximum absolute atomic E-state index is 12.0. The smallest absolute Gasteiger partial charge is 0.329 e. The lowest BCUT2D eigenvalue weighted by Gasteiger charge is -2.24. The molecule has 7 heteroatoms. The average molecular weight is 380 g/mol. The summed E-state index contributed by atoms with van der Waals surface area (Å²) in [6.07, 6.45) is 1.76. The monoisotopic (exact) mass is 378 g/mol. The maximum Gasteiger partial charge on any atom is 0.329 e. The van der Waals surface area contributed by atoms with E-state index in [0.29, 0.717) is 4.47 Å². The third-order valence-electron chi connectivity index (χ3n) is 2.59. The number of halogens is 2. The Morgan fingerprint density at radius 3 is 2.56 bits per heavy atom. The van der Waals surface area contributed by atoms with Crippen LogP contribution in [0.5, 0.6) is 0 Å². The Bertz CT molecular complexity index is 493. The molecule has 1 aromatic heterocycles. The first-order valence-corrected chi connectivity index (χ1v) is 6.75. The predicted molar refractivity (Wildman–Crippen MR) is 73.4 cm³/mol. The third kappa shape index (κ3) is 3.29. The van der Waals surface area contributed by atoms with Crippen LogP contribution in [0.1, 0.15) is 30.8 Å². The van der Waals surface area contributed by atoms with E-state index in [1.54, 1.807) is 13.0 Å². The van der Waals surface area contributed by atoms with E-state index in [2.05, 4.69) is 42.2 Å². The number of pyridine rings is 1. The van der Waals surface area contributed by atoms with E-state index in [9.17, 15) is 9.59 Å². The minimum atomic E-state index is -1.30. The van der Waals surface area contributed by atoms with Crippen molar-refractivity contribution in [1.82, 2.24) is 10.3 Å². The van der Waals surface area contributed by atoms with Crippen LogP contribution >= 0.6 is 31.9 Å². The van der Waals surface area contributed by atoms with Crippen molar-refractivity contribution < 1.29 is 14.7 Å². The van der Waals surface area contributed by atoms with Gasteiger partial charge in [0.25, 0.3) is 5.91 Å². The summed E-state index contributed by atoms with van der Waals surface area (Å²) in [5, 5.41) is 11.6. The van der Waals surface area contributed by atoms with Gasteiger partial charge in [0.05, 0.1) is 4.47 Å². The zero-order chi connectivity index (χ0) is 13.9. The van der Waals surface area contributed by atoms with Crippen LogP contribution in [0.3, 0.4) is 0 Å². The summed E-state index contributed by atoms with van der Waals surface area (Å²) >= 11 is 6.44. The van der Waals surface area contributed by atoms with Gasteiger partial charge >= 0.3 is 5.97 Å². The zero-order valence-corrected chi connectivity index (χ0v) is 13.0. The predicted octanol–water partition coefficient (Wildman–Crippen LogP) is 2.59. The van der Waals surface area contributed by atoms with Gasteiger partial charge in [-0.3, -0.25) is 4.79 Å². The molecule has 0 saturated heterocycles. The molecule has 0 aliphatic rings. The summed E-state index contributed by atoms with van der Waals surface area (Å²) < 4.78 is 1.22. The first kappa shape index (κ1) is 15.1. The summed E-state index contributed by atoms with van der Waals surface area (Å²) in [7, 11) is 0. The number of hydrogen-bond acceptors (Lipinski definition) is 3. The standard InChI is InChI=1S/C11H12Br2N2O3/c1-3-11(2,10(17)18)15-9(16)8-7(13)4-6(12)5-14-8/h4-5H,3H2,1-2H3,(H,15,16)(H,17,18). The molecule has 1 atom stereocenters. The van der Waals surface area contributed by atoms with Crippen LogP contribution in [0.15, 0.2) is 21.2 Å². The van der Waals surface area contributed by atoms with Crippen molar-refractivity contribution in [2.75, 3.05) is 0 Å². The quantitative estimate of drug-likeness (QED) is 0.842. The number of amides is 1. The first-order valence-electron chi connectivity index (χ1n) is 5.17. The van der Waals surface area contributed by atoms with Gasteiger partial charge in [-0.25, -0.2) is 9.78 Å². The number of aliphatic carboxylic acids is 1. The van der Waals surface area contributed by atoms with E-state index in [4.69, 9.17) is 5.11 Å². The molecule has 0 radical (unpaired) electrons. The van der Waals surface area contributed by atoms with E-state index in [1.807, 2.05) is 0 Å². The molecule has 98 valence electrons. The van der Waals surface area contributed by atoms with Gasteiger partial charge in [-0.1, -0.05) is 6.92 Å². The molecule has 0 spiro atoms. The van der Waals surface area contributed by atoms with Gasteiger partial charge in [0.1, 0.15) is 11.2 Å². The van der Waals surface area contributed by atoms with Gasteiger partial charge in [-0.15, -0.1) is 0 Å². The lowest BCUT2D eigenvalue weighted by molar-refractivity contribution is -0.143. The Morgan fingerprint density at radius 1 is 1.50 bits per heavy atom. The number of carbonyl (C=O) groups excluding carboxylic acids is 1. The molecule has 1 aromatic rings. The molecular formula is C11H12Br2N2O3. The largest absolute Gasteiger partial charge is 0.480 e. The van der Waals surface area contributed by atoms with Crippen molar-refractivity contribution in [3.63, 3.8) is 0 Å². The first-order chi connectivity index (χ1) is 8.30. The Hall–Kier alpha value is -0.950. The molecule has 0 aliphatic heterocycles. The van der Waals surface area contributed by atoms with Crippen LogP contribution in [-0.2, 0) is 4.79 Å². The average Bonchev–Trinajstić information content (AvgIpc) is 2.28. The minimum absolute atomic E-state index is 0.152. The summed E-state index contributed by atoms with van der Waals surface area (Å²) in [5.41, 5.74) is -1.15. The molecular weight excluding hydrogens is 368 g/mol. The van der Waals surface area contributed by atoms with E-state index in [-0.39, 0.29) is 12.1 Å². The van der Waals surface area contributed by atoms with Crippen LogP contribution in [-0.4, -0.2) is 27.5 Å². The maximum atomic E-state index is 12.0. The fourth-order valence-electron chi connectivity index (χ4n) is 1.18. The number of aromatic nitrogens is 1. The van der Waals surface area contributed by atoms with E-state index in [0.717, 1.165) is 4.47 Å². The Balaban J connectivity index is 2.98. The molecule has 0 saturated carbocycles. The normalized spacial score (nSPS) is 13.8. The van der Waals surface area contributed by atoms with Crippen LogP contribution in [0, 0.1) is 0 Å². The Labute approximate surface area is 121 Å². The highest BCUT2D eigenvalue weighted by atomic mass is 79.9. The Kier molecular flexibility index (Phi) is 4.86. The fourth-order valence-corrected chi connectivity index (χ4v) is 2.35. The summed E-state index contributed by atoms with van der Waals surface area (Å²) in [4.78, 5) is 27.0. The highest BCUT2D eigenvalue weighted by molar-refractivity contribution is 9.11. The molecule has 1 unspecified atom stereocenters. The molecule has 18 heavy (non-hydrogen) atoms. The van der Waals surface area contributed by atoms with E-state index < -0.39 is 17.4 Å². The van der Waals surface area contributed by atoms with Crippen LogP contribution in [0.2, 0.25) is 0 Å². The third-order valence-corrected chi connectivity index (χ3v) is 3.63. The van der Waals surface area contributed by atoms with Crippen molar-refractivity contribution in [3.05, 3.63) is 26.9 Å². The van der Waals surface area contributed by atoms with Crippen molar-refractivity contribution in [2.45, 2.75) is 25.8 Å². The fraction of sp³-hybridized carbons (Fsp3) is 0.364. The highest BCUT2D eigenvalue weighted by Crippen LogP contribution is 2.20. The molecule has 1 heterocycles. The highest BCUT2D eigenvalue weighted by Gasteiger charge is 2.33. The van der Waals surface area contributed by atoms with Crippen molar-refractivity contribution in [1.29, 1.82) is 0 Å². The molecule has 1 amide bonds. The van der Waals surface area contributed by atoms with Gasteiger partial charge in [0, 0.05) is 10.7 Å². The van der Waals surface area contributed by atoms with Gasteiger partial charge in [-0.2, -0.15) is 0 Å². The van der Waals surface area contributed by atoms with E-state index in [1.165, 1.54) is 13.1 Å². The van der Waals surface area contributed by atoms with Gasteiger partial charge < -0.3 is 10.4 Å². The Morgan fingerprint density at radius 2 is 2.11 bits per heavy atom. The lowest BCUT2D eigenvalue weighted by atomic mass is 9.99. The van der Waals surface area contributed by atoms with E-state index >= 15 is 0 Å². The SMILES string of the molecule is CCC(C)(NC(=O)c1ncc(Br)cc1Br)C(=O)O. The topological polar surface area (TPSA) is 79.3 Å². The number of nitrogens with zero attached hydrogens (tertiary/aromatic N) is 1. The van der Waals surface area contributed by atoms with Crippen molar-refractivity contribution in [3.8, 4) is 0 Å². The second-order valence-corrected chi connectivity index (χ2v) is 5.70. The molecule has 0 aliphatic carbocycles. The molecule has 5 nitrogen and oxygen atoms in total. The van der Waals surface area contributed by atoms with Crippen LogP contribution in [0.4, 0.5) is 0 Å². The minimum Gasteiger partial charge on any atom is -0.480 e. The number of nitrogens with one attached hydrogen (secondary N) is 1. The number of carboxylic acids is 1. The van der Waals surface area contributed by atoms with Crippen molar-refractivity contribution in [2.24, 2.45) is 0 Å². The second-order valence-electron chi connectivity index (χ2n) is 3.93. The number of carboxylic acid groups (broad SMARTS) is 1. The van der Waals surface area contributed by atoms with Gasteiger partial charge in [0.15, 0.2) is 0 Å². The second kappa shape index (κ2) is 5.79. The van der Waals surface area contributed by atoms with Crippen LogP contribution < -0.4 is 5.32 Å². The summed E-state index contributed by atoms with van der Waals surface area (Å²) in [5.74, 6) is -1.60. The van der Waals surface area contributed by atoms with Gasteiger partial charge in [0.2, 0.25) is 0 Å².